The summed E-state index contributed by atoms with van der Waals surface area (Å²) in [6, 6.07) is 1.80. The minimum atomic E-state index is 0.00718. The van der Waals surface area contributed by atoms with E-state index in [-0.39, 0.29) is 6.10 Å². The van der Waals surface area contributed by atoms with E-state index in [4.69, 9.17) is 20.9 Å². The van der Waals surface area contributed by atoms with Crippen molar-refractivity contribution in [1.82, 2.24) is 4.98 Å². The fourth-order valence-electron chi connectivity index (χ4n) is 1.44. The van der Waals surface area contributed by atoms with Crippen LogP contribution < -0.4 is 16.2 Å². The minimum absolute atomic E-state index is 0.00718. The lowest BCUT2D eigenvalue weighted by atomic mass is 10.2. The Morgan fingerprint density at radius 1 is 1.50 bits per heavy atom. The standard InChI is InChI=1S/C15H21N3O2/c1-4-19-7-5-6-12-8-14(20-11(2)3)15(18-10-12)13(17)9-16/h8-11H,4,7,16-17H2,1-3H3/b13-9-. The molecule has 1 aromatic rings. The second kappa shape index (κ2) is 8.08. The van der Waals surface area contributed by atoms with Crippen LogP contribution in [0.25, 0.3) is 5.70 Å². The van der Waals surface area contributed by atoms with Gasteiger partial charge in [0.05, 0.1) is 11.8 Å². The van der Waals surface area contributed by atoms with Gasteiger partial charge in [-0.3, -0.25) is 0 Å². The van der Waals surface area contributed by atoms with Gasteiger partial charge < -0.3 is 20.9 Å². The molecule has 0 aliphatic heterocycles. The quantitative estimate of drug-likeness (QED) is 0.628. The van der Waals surface area contributed by atoms with Crippen LogP contribution in [0, 0.1) is 11.8 Å². The Hall–Kier alpha value is -2.19. The number of aromatic nitrogens is 1. The van der Waals surface area contributed by atoms with Crippen molar-refractivity contribution >= 4 is 5.70 Å². The van der Waals surface area contributed by atoms with Gasteiger partial charge in [0, 0.05) is 24.6 Å². The lowest BCUT2D eigenvalue weighted by Gasteiger charge is -2.13. The molecule has 5 nitrogen and oxygen atoms in total. The maximum Gasteiger partial charge on any atom is 0.148 e. The molecule has 20 heavy (non-hydrogen) atoms. The molecule has 0 aromatic carbocycles. The Labute approximate surface area is 120 Å². The third-order valence-corrected chi connectivity index (χ3v) is 2.28. The number of nitrogens with zero attached hydrogens (tertiary/aromatic N) is 1. The van der Waals surface area contributed by atoms with E-state index in [9.17, 15) is 0 Å². The van der Waals surface area contributed by atoms with Gasteiger partial charge in [0.15, 0.2) is 0 Å². The van der Waals surface area contributed by atoms with Crippen molar-refractivity contribution in [3.63, 3.8) is 0 Å². The predicted octanol–water partition coefficient (Wildman–Crippen LogP) is 1.47. The van der Waals surface area contributed by atoms with Gasteiger partial charge in [0.2, 0.25) is 0 Å². The zero-order chi connectivity index (χ0) is 15.0. The second-order valence-corrected chi connectivity index (χ2v) is 4.30. The normalized spacial score (nSPS) is 11.1. The highest BCUT2D eigenvalue weighted by atomic mass is 16.5. The maximum atomic E-state index is 5.80. The molecular formula is C15H21N3O2. The Bertz CT molecular complexity index is 528. The van der Waals surface area contributed by atoms with Gasteiger partial charge >= 0.3 is 0 Å². The predicted molar refractivity (Wildman–Crippen MR) is 79.7 cm³/mol. The summed E-state index contributed by atoms with van der Waals surface area (Å²) >= 11 is 0. The Morgan fingerprint density at radius 2 is 2.25 bits per heavy atom. The molecule has 5 heteroatoms. The molecule has 0 aliphatic rings. The van der Waals surface area contributed by atoms with E-state index in [1.54, 1.807) is 12.3 Å². The zero-order valence-electron chi connectivity index (χ0n) is 12.1. The monoisotopic (exact) mass is 275 g/mol. The van der Waals surface area contributed by atoms with E-state index in [2.05, 4.69) is 16.8 Å². The van der Waals surface area contributed by atoms with Crippen LogP contribution in [0.15, 0.2) is 18.5 Å². The molecule has 0 saturated heterocycles. The number of nitrogens with two attached hydrogens (primary N) is 2. The van der Waals surface area contributed by atoms with Gasteiger partial charge in [0.25, 0.3) is 0 Å². The van der Waals surface area contributed by atoms with Crippen LogP contribution in [0.3, 0.4) is 0 Å². The molecular weight excluding hydrogens is 254 g/mol. The Balaban J connectivity index is 3.03. The average Bonchev–Trinajstić information content (AvgIpc) is 2.42. The third kappa shape index (κ3) is 4.82. The maximum absolute atomic E-state index is 5.80. The molecule has 0 spiro atoms. The fourth-order valence-corrected chi connectivity index (χ4v) is 1.44. The highest BCUT2D eigenvalue weighted by molar-refractivity contribution is 5.65. The summed E-state index contributed by atoms with van der Waals surface area (Å²) in [5.41, 5.74) is 12.9. The second-order valence-electron chi connectivity index (χ2n) is 4.30. The summed E-state index contributed by atoms with van der Waals surface area (Å²) in [7, 11) is 0. The molecule has 0 fully saturated rings. The Kier molecular flexibility index (Phi) is 6.41. The fraction of sp³-hybridized carbons (Fsp3) is 0.400. The van der Waals surface area contributed by atoms with Crippen LogP contribution >= 0.6 is 0 Å². The zero-order valence-corrected chi connectivity index (χ0v) is 12.1. The van der Waals surface area contributed by atoms with Crippen LogP contribution in [0.4, 0.5) is 0 Å². The molecule has 0 radical (unpaired) electrons. The van der Waals surface area contributed by atoms with E-state index >= 15 is 0 Å². The topological polar surface area (TPSA) is 83.4 Å². The molecule has 108 valence electrons. The van der Waals surface area contributed by atoms with Crippen LogP contribution in [0.2, 0.25) is 0 Å². The number of rotatable bonds is 5. The molecule has 0 atom stereocenters. The lowest BCUT2D eigenvalue weighted by Crippen LogP contribution is -2.11. The van der Waals surface area contributed by atoms with Crippen LogP contribution in [0.1, 0.15) is 32.0 Å². The number of hydrogen-bond donors (Lipinski definition) is 2. The third-order valence-electron chi connectivity index (χ3n) is 2.28. The molecule has 1 heterocycles. The van der Waals surface area contributed by atoms with Crippen LogP contribution in [0.5, 0.6) is 5.75 Å². The van der Waals surface area contributed by atoms with E-state index in [1.807, 2.05) is 20.8 Å². The highest BCUT2D eigenvalue weighted by Gasteiger charge is 2.10. The highest BCUT2D eigenvalue weighted by Crippen LogP contribution is 2.23. The van der Waals surface area contributed by atoms with Crippen molar-refractivity contribution in [3.8, 4) is 17.6 Å². The van der Waals surface area contributed by atoms with Gasteiger partial charge in [-0.15, -0.1) is 0 Å². The summed E-state index contributed by atoms with van der Waals surface area (Å²) in [6.07, 6.45) is 2.95. The van der Waals surface area contributed by atoms with E-state index in [1.165, 1.54) is 6.20 Å². The number of hydrogen-bond acceptors (Lipinski definition) is 5. The number of pyridine rings is 1. The smallest absolute Gasteiger partial charge is 0.148 e. The van der Waals surface area contributed by atoms with Crippen molar-refractivity contribution < 1.29 is 9.47 Å². The van der Waals surface area contributed by atoms with Crippen LogP contribution in [-0.4, -0.2) is 24.3 Å². The van der Waals surface area contributed by atoms with Gasteiger partial charge in [-0.05, 0) is 26.8 Å². The first-order valence-electron chi connectivity index (χ1n) is 6.49. The molecule has 0 aliphatic carbocycles. The van der Waals surface area contributed by atoms with Crippen LogP contribution in [-0.2, 0) is 4.74 Å². The molecule has 0 bridgehead atoms. The minimum Gasteiger partial charge on any atom is -0.489 e. The SMILES string of the molecule is CCOCC#Cc1cnc(/C(N)=C/N)c(OC(C)C)c1. The first-order chi connectivity index (χ1) is 9.58. The summed E-state index contributed by atoms with van der Waals surface area (Å²) in [4.78, 5) is 4.26. The number of ether oxygens (including phenoxy) is 2. The first-order valence-corrected chi connectivity index (χ1v) is 6.49. The molecule has 0 unspecified atom stereocenters. The molecule has 0 amide bonds. The Morgan fingerprint density at radius 3 is 2.85 bits per heavy atom. The summed E-state index contributed by atoms with van der Waals surface area (Å²) in [5, 5.41) is 0. The van der Waals surface area contributed by atoms with E-state index in [0.29, 0.717) is 30.4 Å². The van der Waals surface area contributed by atoms with Crippen molar-refractivity contribution in [2.75, 3.05) is 13.2 Å². The van der Waals surface area contributed by atoms with Crippen molar-refractivity contribution in [2.45, 2.75) is 26.9 Å². The largest absolute Gasteiger partial charge is 0.489 e. The van der Waals surface area contributed by atoms with Gasteiger partial charge in [-0.2, -0.15) is 0 Å². The van der Waals surface area contributed by atoms with Gasteiger partial charge in [0.1, 0.15) is 18.1 Å². The van der Waals surface area contributed by atoms with Gasteiger partial charge in [-0.25, -0.2) is 4.98 Å². The average molecular weight is 275 g/mol. The lowest BCUT2D eigenvalue weighted by molar-refractivity contribution is 0.182. The first kappa shape index (κ1) is 15.9. The van der Waals surface area contributed by atoms with Crippen molar-refractivity contribution in [1.29, 1.82) is 0 Å². The van der Waals surface area contributed by atoms with Crippen molar-refractivity contribution in [2.24, 2.45) is 11.5 Å². The molecule has 1 rings (SSSR count). The summed E-state index contributed by atoms with van der Waals surface area (Å²) < 4.78 is 10.9. The van der Waals surface area contributed by atoms with E-state index < -0.39 is 0 Å². The summed E-state index contributed by atoms with van der Waals surface area (Å²) in [6.45, 7) is 6.82. The molecule has 4 N–H and O–H groups in total. The summed E-state index contributed by atoms with van der Waals surface area (Å²) in [5.74, 6) is 6.45. The van der Waals surface area contributed by atoms with Gasteiger partial charge in [-0.1, -0.05) is 11.8 Å². The van der Waals surface area contributed by atoms with E-state index in [0.717, 1.165) is 5.56 Å². The molecule has 0 saturated carbocycles. The molecule has 1 aromatic heterocycles. The van der Waals surface area contributed by atoms with Crippen molar-refractivity contribution in [3.05, 3.63) is 29.7 Å².